The Bertz CT molecular complexity index is 1420. The van der Waals surface area contributed by atoms with Crippen LogP contribution in [0.3, 0.4) is 0 Å². The number of amides is 5. The Hall–Kier alpha value is -3.90. The predicted octanol–water partition coefficient (Wildman–Crippen LogP) is 3.33. The Morgan fingerprint density at radius 2 is 1.67 bits per heavy atom. The van der Waals surface area contributed by atoms with Crippen LogP contribution in [0.1, 0.15) is 123 Å². The summed E-state index contributed by atoms with van der Waals surface area (Å²) in [5.41, 5.74) is -1.24. The molecule has 5 amide bonds. The van der Waals surface area contributed by atoms with Crippen molar-refractivity contribution in [2.75, 3.05) is 13.1 Å². The molecule has 0 radical (unpaired) electrons. The van der Waals surface area contributed by atoms with Crippen molar-refractivity contribution in [3.8, 4) is 0 Å². The number of hydrogen-bond acceptors (Lipinski definition) is 8. The second-order valence-corrected chi connectivity index (χ2v) is 16.6. The zero-order valence-electron chi connectivity index (χ0n) is 31.5. The van der Waals surface area contributed by atoms with Crippen LogP contribution in [0, 0.1) is 28.6 Å². The Morgan fingerprint density at radius 3 is 2.24 bits per heavy atom. The van der Waals surface area contributed by atoms with Gasteiger partial charge < -0.3 is 26.2 Å². The number of carbonyl (C=O) groups is 6. The van der Waals surface area contributed by atoms with E-state index >= 15 is 0 Å². The van der Waals surface area contributed by atoms with Crippen molar-refractivity contribution in [1.29, 1.82) is 0 Å². The van der Waals surface area contributed by atoms with Gasteiger partial charge in [-0.1, -0.05) is 80.6 Å². The molecule has 1 aromatic heterocycles. The van der Waals surface area contributed by atoms with Gasteiger partial charge >= 0.3 is 0 Å². The van der Waals surface area contributed by atoms with Crippen molar-refractivity contribution in [1.82, 2.24) is 36.1 Å². The minimum absolute atomic E-state index is 0.00613. The molecule has 4 rings (SSSR count). The second-order valence-electron chi connectivity index (χ2n) is 16.6. The highest BCUT2D eigenvalue weighted by molar-refractivity contribution is 6.38. The first-order valence-corrected chi connectivity index (χ1v) is 18.9. The number of hydrogen-bond donors (Lipinski definition) is 4. The van der Waals surface area contributed by atoms with Gasteiger partial charge in [-0.05, 0) is 60.7 Å². The summed E-state index contributed by atoms with van der Waals surface area (Å²) >= 11 is 0. The van der Waals surface area contributed by atoms with Crippen LogP contribution in [0.5, 0.6) is 0 Å². The summed E-state index contributed by atoms with van der Waals surface area (Å²) in [5.74, 6) is -2.84. The van der Waals surface area contributed by atoms with E-state index in [0.29, 0.717) is 32.4 Å². The van der Waals surface area contributed by atoms with E-state index in [9.17, 15) is 28.8 Å². The van der Waals surface area contributed by atoms with Crippen molar-refractivity contribution in [3.05, 3.63) is 24.3 Å². The third-order valence-corrected chi connectivity index (χ3v) is 10.9. The first kappa shape index (κ1) is 39.9. The van der Waals surface area contributed by atoms with Gasteiger partial charge in [0.25, 0.3) is 11.8 Å². The van der Waals surface area contributed by atoms with Gasteiger partial charge in [0, 0.05) is 25.5 Å². The number of nitrogens with one attached hydrogen (secondary N) is 4. The third-order valence-electron chi connectivity index (χ3n) is 10.9. The van der Waals surface area contributed by atoms with Crippen molar-refractivity contribution in [2.45, 2.75) is 137 Å². The minimum atomic E-state index is -1.03. The van der Waals surface area contributed by atoms with E-state index in [1.807, 2.05) is 48.5 Å². The number of likely N-dealkylation sites (tertiary alicyclic amines) is 1. The normalized spacial score (nSPS) is 22.0. The Labute approximate surface area is 302 Å². The summed E-state index contributed by atoms with van der Waals surface area (Å²) in [6.07, 6.45) is 11.8. The van der Waals surface area contributed by atoms with Gasteiger partial charge in [0.1, 0.15) is 23.8 Å². The summed E-state index contributed by atoms with van der Waals surface area (Å²) in [6, 6.07) is -3.84. The summed E-state index contributed by atoms with van der Waals surface area (Å²) in [5, 5.41) is 11.4. The zero-order chi connectivity index (χ0) is 37.5. The molecule has 51 heavy (non-hydrogen) atoms. The van der Waals surface area contributed by atoms with Crippen LogP contribution in [0.15, 0.2) is 18.6 Å². The Kier molecular flexibility index (Phi) is 13.4. The van der Waals surface area contributed by atoms with Gasteiger partial charge in [0.2, 0.25) is 23.5 Å². The van der Waals surface area contributed by atoms with Gasteiger partial charge in [0.05, 0.1) is 12.2 Å². The Balaban J connectivity index is 1.59. The van der Waals surface area contributed by atoms with Crippen molar-refractivity contribution >= 4 is 35.3 Å². The molecule has 1 aliphatic heterocycles. The maximum atomic E-state index is 14.7. The molecule has 5 atom stereocenters. The summed E-state index contributed by atoms with van der Waals surface area (Å²) < 4.78 is 0. The molecule has 4 N–H and O–H groups in total. The zero-order valence-corrected chi connectivity index (χ0v) is 31.5. The van der Waals surface area contributed by atoms with E-state index in [1.165, 1.54) is 18.6 Å². The molecule has 13 nitrogen and oxygen atoms in total. The summed E-state index contributed by atoms with van der Waals surface area (Å²) in [4.78, 5) is 91.9. The highest BCUT2D eigenvalue weighted by Gasteiger charge is 2.48. The first-order valence-electron chi connectivity index (χ1n) is 18.9. The molecule has 2 heterocycles. The third kappa shape index (κ3) is 10.3. The molecule has 3 fully saturated rings. The maximum Gasteiger partial charge on any atom is 0.289 e. The number of ketones is 1. The smallest absolute Gasteiger partial charge is 0.289 e. The average Bonchev–Trinajstić information content (AvgIpc) is 3.80. The van der Waals surface area contributed by atoms with Crippen LogP contribution in [0.4, 0.5) is 0 Å². The molecule has 1 unspecified atom stereocenters. The van der Waals surface area contributed by atoms with E-state index in [4.69, 9.17) is 0 Å². The summed E-state index contributed by atoms with van der Waals surface area (Å²) in [6.45, 7) is 14.2. The van der Waals surface area contributed by atoms with Crippen LogP contribution < -0.4 is 21.3 Å². The molecule has 0 aromatic carbocycles. The molecule has 0 bridgehead atoms. The average molecular weight is 710 g/mol. The fraction of sp³-hybridized carbons (Fsp3) is 0.737. The molecule has 1 aromatic rings. The lowest BCUT2D eigenvalue weighted by atomic mass is 9.70. The fourth-order valence-corrected chi connectivity index (χ4v) is 7.38. The molecular formula is C38H59N7O6. The predicted molar refractivity (Wildman–Crippen MR) is 192 cm³/mol. The Morgan fingerprint density at radius 1 is 0.980 bits per heavy atom. The van der Waals surface area contributed by atoms with Gasteiger partial charge in [0.15, 0.2) is 0 Å². The molecule has 0 spiro atoms. The van der Waals surface area contributed by atoms with Crippen molar-refractivity contribution in [2.24, 2.45) is 28.6 Å². The SMILES string of the molecule is CCCNC(=O)C(=O)C(CC1CC1)NC(=O)[C@@H]1C[C@@H](C(C)C)CN1C(=O)[C@@H](NC(=O)[C@@H](NC(=O)c1cnccn1)C1(C)CCCCC1)C(C)(C)C. The molecule has 2 saturated carbocycles. The number of nitrogens with zero attached hydrogens (tertiary/aromatic N) is 3. The van der Waals surface area contributed by atoms with Crippen molar-refractivity contribution in [3.63, 3.8) is 0 Å². The quantitative estimate of drug-likeness (QED) is 0.200. The number of carbonyl (C=O) groups excluding carboxylic acids is 6. The van der Waals surface area contributed by atoms with E-state index in [-0.39, 0.29) is 23.4 Å². The molecule has 2 aliphatic carbocycles. The number of aromatic nitrogens is 2. The number of Topliss-reactive ketones (excluding diaryl/α,β-unsaturated/α-hetero) is 1. The topological polar surface area (TPSA) is 180 Å². The van der Waals surface area contributed by atoms with Crippen LogP contribution in [-0.2, 0) is 24.0 Å². The first-order chi connectivity index (χ1) is 24.1. The van der Waals surface area contributed by atoms with E-state index < -0.39 is 70.3 Å². The largest absolute Gasteiger partial charge is 0.349 e. The van der Waals surface area contributed by atoms with Crippen LogP contribution in [-0.4, -0.2) is 87.4 Å². The molecule has 1 saturated heterocycles. The van der Waals surface area contributed by atoms with Crippen LogP contribution in [0.2, 0.25) is 0 Å². The van der Waals surface area contributed by atoms with Gasteiger partial charge in [-0.3, -0.25) is 33.8 Å². The summed E-state index contributed by atoms with van der Waals surface area (Å²) in [7, 11) is 0. The molecule has 3 aliphatic rings. The lowest BCUT2D eigenvalue weighted by Crippen LogP contribution is -2.63. The van der Waals surface area contributed by atoms with Crippen LogP contribution in [0.25, 0.3) is 0 Å². The van der Waals surface area contributed by atoms with E-state index in [2.05, 4.69) is 31.2 Å². The van der Waals surface area contributed by atoms with E-state index in [1.54, 1.807) is 4.90 Å². The van der Waals surface area contributed by atoms with E-state index in [0.717, 1.165) is 44.9 Å². The maximum absolute atomic E-state index is 14.7. The molecular weight excluding hydrogens is 650 g/mol. The standard InChI is InChI=1S/C38H59N7O6/c1-8-16-41-34(49)29(46)26(19-24-12-13-24)42-33(48)28-20-25(23(2)3)22-45(28)36(51)31(37(4,5)6)44-35(50)30(38(7)14-10-9-11-15-38)43-32(47)27-21-39-17-18-40-27/h17-18,21,23-26,28,30-31H,8-16,19-20,22H2,1-7H3,(H,41,49)(H,42,48)(H,43,47)(H,44,50)/t25-,26?,28+,30-,31-/m1/s1. The van der Waals surface area contributed by atoms with Crippen LogP contribution >= 0.6 is 0 Å². The minimum Gasteiger partial charge on any atom is -0.349 e. The van der Waals surface area contributed by atoms with Gasteiger partial charge in [-0.2, -0.15) is 0 Å². The molecule has 282 valence electrons. The van der Waals surface area contributed by atoms with Crippen molar-refractivity contribution < 1.29 is 28.8 Å². The monoisotopic (exact) mass is 709 g/mol. The number of rotatable bonds is 15. The van der Waals surface area contributed by atoms with Gasteiger partial charge in [-0.25, -0.2) is 4.98 Å². The highest BCUT2D eigenvalue weighted by Crippen LogP contribution is 2.40. The molecule has 13 heteroatoms. The second kappa shape index (κ2) is 17.1. The fourth-order valence-electron chi connectivity index (χ4n) is 7.38. The van der Waals surface area contributed by atoms with Gasteiger partial charge in [-0.15, -0.1) is 0 Å². The highest BCUT2D eigenvalue weighted by atomic mass is 16.2. The lowest BCUT2D eigenvalue weighted by molar-refractivity contribution is -0.145. The lowest BCUT2D eigenvalue weighted by Gasteiger charge is -2.42.